The van der Waals surface area contributed by atoms with Gasteiger partial charge in [-0.3, -0.25) is 4.98 Å². The third-order valence-electron chi connectivity index (χ3n) is 3.51. The van der Waals surface area contributed by atoms with Crippen molar-refractivity contribution in [3.8, 4) is 0 Å². The molecule has 3 heteroatoms. The molecule has 0 bridgehead atoms. The van der Waals surface area contributed by atoms with Crippen molar-refractivity contribution in [3.05, 3.63) is 58.9 Å². The van der Waals surface area contributed by atoms with Gasteiger partial charge in [-0.1, -0.05) is 19.1 Å². The number of aryl methyl sites for hydroxylation is 2. The van der Waals surface area contributed by atoms with Gasteiger partial charge in [0.1, 0.15) is 0 Å². The van der Waals surface area contributed by atoms with Gasteiger partial charge in [0.2, 0.25) is 0 Å². The summed E-state index contributed by atoms with van der Waals surface area (Å²) in [5, 5.41) is 3.31. The largest absolute Gasteiger partial charge is 0.369 e. The molecule has 21 heavy (non-hydrogen) atoms. The van der Waals surface area contributed by atoms with Crippen LogP contribution in [0.15, 0.2) is 36.5 Å². The Balaban J connectivity index is 2.03. The lowest BCUT2D eigenvalue weighted by Crippen LogP contribution is -2.18. The van der Waals surface area contributed by atoms with E-state index in [1.54, 1.807) is 0 Å². The first-order valence-corrected chi connectivity index (χ1v) is 7.52. The van der Waals surface area contributed by atoms with Gasteiger partial charge in [-0.15, -0.1) is 0 Å². The molecule has 1 aromatic carbocycles. The van der Waals surface area contributed by atoms with E-state index in [4.69, 9.17) is 0 Å². The van der Waals surface area contributed by atoms with Crippen LogP contribution in [0.3, 0.4) is 0 Å². The SMILES string of the molecule is CCNCc1ccc(CN(C)c2cc(C)cc(C)c2)nc1. The number of anilines is 1. The summed E-state index contributed by atoms with van der Waals surface area (Å²) in [6.07, 6.45) is 1.97. The highest BCUT2D eigenvalue weighted by molar-refractivity contribution is 5.50. The number of nitrogens with one attached hydrogen (secondary N) is 1. The lowest BCUT2D eigenvalue weighted by atomic mass is 10.1. The average molecular weight is 283 g/mol. The Bertz CT molecular complexity index is 555. The number of benzene rings is 1. The van der Waals surface area contributed by atoms with Crippen LogP contribution in [-0.2, 0) is 13.1 Å². The molecule has 0 radical (unpaired) electrons. The smallest absolute Gasteiger partial charge is 0.0598 e. The van der Waals surface area contributed by atoms with Crippen molar-refractivity contribution in [2.45, 2.75) is 33.9 Å². The zero-order valence-corrected chi connectivity index (χ0v) is 13.5. The van der Waals surface area contributed by atoms with Crippen molar-refractivity contribution >= 4 is 5.69 Å². The summed E-state index contributed by atoms with van der Waals surface area (Å²) in [7, 11) is 2.11. The summed E-state index contributed by atoms with van der Waals surface area (Å²) >= 11 is 0. The maximum atomic E-state index is 4.56. The first kappa shape index (κ1) is 15.5. The highest BCUT2D eigenvalue weighted by atomic mass is 15.1. The molecule has 0 aliphatic heterocycles. The van der Waals surface area contributed by atoms with Crippen molar-refractivity contribution < 1.29 is 0 Å². The fraction of sp³-hybridized carbons (Fsp3) is 0.389. The maximum absolute atomic E-state index is 4.56. The average Bonchev–Trinajstić information content (AvgIpc) is 2.45. The van der Waals surface area contributed by atoms with Gasteiger partial charge >= 0.3 is 0 Å². The van der Waals surface area contributed by atoms with E-state index in [0.717, 1.165) is 25.3 Å². The van der Waals surface area contributed by atoms with E-state index in [2.05, 4.69) is 73.4 Å². The van der Waals surface area contributed by atoms with Crippen LogP contribution in [0.5, 0.6) is 0 Å². The maximum Gasteiger partial charge on any atom is 0.0598 e. The van der Waals surface area contributed by atoms with Gasteiger partial charge in [0.15, 0.2) is 0 Å². The van der Waals surface area contributed by atoms with Gasteiger partial charge in [0, 0.05) is 25.5 Å². The molecule has 112 valence electrons. The molecule has 0 spiro atoms. The van der Waals surface area contributed by atoms with Crippen LogP contribution < -0.4 is 10.2 Å². The van der Waals surface area contributed by atoms with Crippen molar-refractivity contribution in [2.24, 2.45) is 0 Å². The van der Waals surface area contributed by atoms with Gasteiger partial charge < -0.3 is 10.2 Å². The number of hydrogen-bond acceptors (Lipinski definition) is 3. The number of rotatable bonds is 6. The summed E-state index contributed by atoms with van der Waals surface area (Å²) in [5.74, 6) is 0. The zero-order chi connectivity index (χ0) is 15.2. The lowest BCUT2D eigenvalue weighted by molar-refractivity contribution is 0.722. The fourth-order valence-corrected chi connectivity index (χ4v) is 2.43. The van der Waals surface area contributed by atoms with Gasteiger partial charge in [0.25, 0.3) is 0 Å². The minimum Gasteiger partial charge on any atom is -0.369 e. The molecular formula is C18H25N3. The van der Waals surface area contributed by atoms with Gasteiger partial charge in [-0.25, -0.2) is 0 Å². The van der Waals surface area contributed by atoms with E-state index < -0.39 is 0 Å². The van der Waals surface area contributed by atoms with Crippen molar-refractivity contribution in [2.75, 3.05) is 18.5 Å². The van der Waals surface area contributed by atoms with Crippen molar-refractivity contribution in [1.82, 2.24) is 10.3 Å². The normalized spacial score (nSPS) is 10.7. The van der Waals surface area contributed by atoms with Crippen LogP contribution in [0.1, 0.15) is 29.3 Å². The molecular weight excluding hydrogens is 258 g/mol. The molecule has 0 fully saturated rings. The monoisotopic (exact) mass is 283 g/mol. The molecule has 1 aromatic heterocycles. The molecule has 0 unspecified atom stereocenters. The number of aromatic nitrogens is 1. The van der Waals surface area contributed by atoms with Crippen LogP contribution in [0.4, 0.5) is 5.69 Å². The Morgan fingerprint density at radius 3 is 2.38 bits per heavy atom. The van der Waals surface area contributed by atoms with Crippen molar-refractivity contribution in [1.29, 1.82) is 0 Å². The number of nitrogens with zero attached hydrogens (tertiary/aromatic N) is 2. The molecule has 0 atom stereocenters. The van der Waals surface area contributed by atoms with E-state index in [1.165, 1.54) is 22.4 Å². The Hall–Kier alpha value is -1.87. The van der Waals surface area contributed by atoms with Crippen LogP contribution in [0, 0.1) is 13.8 Å². The highest BCUT2D eigenvalue weighted by Gasteiger charge is 2.05. The molecule has 0 saturated heterocycles. The van der Waals surface area contributed by atoms with E-state index in [-0.39, 0.29) is 0 Å². The van der Waals surface area contributed by atoms with Crippen LogP contribution in [0.25, 0.3) is 0 Å². The van der Waals surface area contributed by atoms with Gasteiger partial charge in [-0.2, -0.15) is 0 Å². The summed E-state index contributed by atoms with van der Waals surface area (Å²) in [6, 6.07) is 10.9. The molecule has 0 amide bonds. The van der Waals surface area contributed by atoms with E-state index in [9.17, 15) is 0 Å². The Morgan fingerprint density at radius 2 is 1.81 bits per heavy atom. The predicted molar refractivity (Wildman–Crippen MR) is 89.6 cm³/mol. The first-order chi connectivity index (χ1) is 10.1. The molecule has 1 N–H and O–H groups in total. The second kappa shape index (κ2) is 7.23. The molecule has 0 aliphatic carbocycles. The van der Waals surface area contributed by atoms with Crippen LogP contribution in [-0.4, -0.2) is 18.6 Å². The molecule has 2 aromatic rings. The van der Waals surface area contributed by atoms with E-state index in [0.29, 0.717) is 0 Å². The van der Waals surface area contributed by atoms with Crippen LogP contribution >= 0.6 is 0 Å². The van der Waals surface area contributed by atoms with Gasteiger partial charge in [-0.05, 0) is 55.3 Å². The van der Waals surface area contributed by atoms with Crippen molar-refractivity contribution in [3.63, 3.8) is 0 Å². The molecule has 2 rings (SSSR count). The summed E-state index contributed by atoms with van der Waals surface area (Å²) in [4.78, 5) is 6.80. The highest BCUT2D eigenvalue weighted by Crippen LogP contribution is 2.19. The van der Waals surface area contributed by atoms with Gasteiger partial charge in [0.05, 0.1) is 12.2 Å². The first-order valence-electron chi connectivity index (χ1n) is 7.52. The Labute approximate surface area is 128 Å². The zero-order valence-electron chi connectivity index (χ0n) is 13.5. The van der Waals surface area contributed by atoms with Crippen LogP contribution in [0.2, 0.25) is 0 Å². The van der Waals surface area contributed by atoms with E-state index in [1.807, 2.05) is 6.20 Å². The third kappa shape index (κ3) is 4.57. The molecule has 0 saturated carbocycles. The Kier molecular flexibility index (Phi) is 5.34. The standard InChI is InChI=1S/C18H25N3/c1-5-19-11-16-6-7-17(20-12-16)13-21(4)18-9-14(2)8-15(3)10-18/h6-10,12,19H,5,11,13H2,1-4H3. The second-order valence-corrected chi connectivity index (χ2v) is 5.64. The molecule has 0 aliphatic rings. The topological polar surface area (TPSA) is 28.2 Å². The number of pyridine rings is 1. The minimum absolute atomic E-state index is 0.824. The quantitative estimate of drug-likeness (QED) is 0.880. The number of hydrogen-bond donors (Lipinski definition) is 1. The lowest BCUT2D eigenvalue weighted by Gasteiger charge is -2.20. The third-order valence-corrected chi connectivity index (χ3v) is 3.51. The predicted octanol–water partition coefficient (Wildman–Crippen LogP) is 3.44. The summed E-state index contributed by atoms with van der Waals surface area (Å²) < 4.78 is 0. The second-order valence-electron chi connectivity index (χ2n) is 5.64. The fourth-order valence-electron chi connectivity index (χ4n) is 2.43. The van der Waals surface area contributed by atoms with E-state index >= 15 is 0 Å². The summed E-state index contributed by atoms with van der Waals surface area (Å²) in [5.41, 5.74) is 6.16. The Morgan fingerprint density at radius 1 is 1.10 bits per heavy atom. The molecule has 3 nitrogen and oxygen atoms in total. The molecule has 1 heterocycles. The minimum atomic E-state index is 0.824. The summed E-state index contributed by atoms with van der Waals surface area (Å²) in [6.45, 7) is 9.08.